The van der Waals surface area contributed by atoms with Crippen molar-refractivity contribution < 1.29 is 4.79 Å². The molecule has 0 aliphatic heterocycles. The van der Waals surface area contributed by atoms with E-state index in [0.717, 1.165) is 10.6 Å². The van der Waals surface area contributed by atoms with Crippen molar-refractivity contribution in [2.45, 2.75) is 30.1 Å². The summed E-state index contributed by atoms with van der Waals surface area (Å²) in [5.41, 5.74) is 3.64. The molecule has 0 radical (unpaired) electrons. The Morgan fingerprint density at radius 2 is 1.71 bits per heavy atom. The first-order chi connectivity index (χ1) is 14.9. The molecular formula is C25H23N3O2S. The highest BCUT2D eigenvalue weighted by molar-refractivity contribution is 7.99. The van der Waals surface area contributed by atoms with Crippen LogP contribution in [0.5, 0.6) is 0 Å². The number of amides is 1. The highest BCUT2D eigenvalue weighted by Gasteiger charge is 2.12. The Morgan fingerprint density at radius 3 is 2.42 bits per heavy atom. The van der Waals surface area contributed by atoms with E-state index in [9.17, 15) is 9.59 Å². The largest absolute Gasteiger partial charge is 0.326 e. The van der Waals surface area contributed by atoms with Crippen molar-refractivity contribution in [1.82, 2.24) is 9.78 Å². The van der Waals surface area contributed by atoms with Crippen molar-refractivity contribution in [3.05, 3.63) is 93.9 Å². The summed E-state index contributed by atoms with van der Waals surface area (Å²) in [7, 11) is 1.60. The molecule has 4 aromatic rings. The zero-order valence-electron chi connectivity index (χ0n) is 17.7. The molecule has 0 saturated heterocycles. The van der Waals surface area contributed by atoms with Gasteiger partial charge in [-0.2, -0.15) is 5.10 Å². The SMILES string of the molecule is Cc1ccc(Sc2ccc(NC(=O)Cc3nn(C)c(=O)c4ccccc34)cc2)c(C)c1. The van der Waals surface area contributed by atoms with Crippen LogP contribution in [0.1, 0.15) is 16.8 Å². The van der Waals surface area contributed by atoms with Gasteiger partial charge in [-0.05, 0) is 55.8 Å². The first-order valence-corrected chi connectivity index (χ1v) is 10.8. The molecule has 31 heavy (non-hydrogen) atoms. The lowest BCUT2D eigenvalue weighted by atomic mass is 10.1. The van der Waals surface area contributed by atoms with E-state index in [-0.39, 0.29) is 17.9 Å². The van der Waals surface area contributed by atoms with Crippen LogP contribution in [-0.4, -0.2) is 15.7 Å². The van der Waals surface area contributed by atoms with Crippen LogP contribution in [-0.2, 0) is 18.3 Å². The minimum Gasteiger partial charge on any atom is -0.326 e. The Bertz CT molecular complexity index is 1330. The molecule has 4 rings (SSSR count). The predicted octanol–water partition coefficient (Wildman–Crippen LogP) is 4.88. The molecule has 156 valence electrons. The van der Waals surface area contributed by atoms with Gasteiger partial charge in [0.2, 0.25) is 5.91 Å². The normalized spacial score (nSPS) is 10.9. The monoisotopic (exact) mass is 429 g/mol. The summed E-state index contributed by atoms with van der Waals surface area (Å²) in [6.45, 7) is 4.20. The standard InChI is InChI=1S/C25H23N3O2S/c1-16-8-13-23(17(2)14-16)31-19-11-9-18(10-12-19)26-24(29)15-22-20-6-4-5-7-21(20)25(30)28(3)27-22/h4-14H,15H2,1-3H3,(H,26,29). The van der Waals surface area contributed by atoms with Crippen LogP contribution in [0.4, 0.5) is 5.69 Å². The fourth-order valence-corrected chi connectivity index (χ4v) is 4.39. The molecule has 0 unspecified atom stereocenters. The van der Waals surface area contributed by atoms with E-state index in [2.05, 4.69) is 42.5 Å². The molecule has 0 bridgehead atoms. The van der Waals surface area contributed by atoms with Gasteiger partial charge in [-0.25, -0.2) is 4.68 Å². The maximum Gasteiger partial charge on any atom is 0.274 e. The number of rotatable bonds is 5. The maximum absolute atomic E-state index is 12.6. The van der Waals surface area contributed by atoms with Crippen LogP contribution >= 0.6 is 11.8 Å². The van der Waals surface area contributed by atoms with Crippen molar-refractivity contribution in [1.29, 1.82) is 0 Å². The van der Waals surface area contributed by atoms with E-state index >= 15 is 0 Å². The first kappa shape index (κ1) is 20.9. The number of fused-ring (bicyclic) bond motifs is 1. The Hall–Kier alpha value is -3.38. The third-order valence-corrected chi connectivity index (χ3v) is 6.24. The third-order valence-electron chi connectivity index (χ3n) is 5.06. The van der Waals surface area contributed by atoms with Gasteiger partial charge < -0.3 is 5.32 Å². The van der Waals surface area contributed by atoms with Crippen LogP contribution in [0.15, 0.2) is 81.3 Å². The molecule has 0 saturated carbocycles. The fraction of sp³-hybridized carbons (Fsp3) is 0.160. The molecule has 0 aliphatic carbocycles. The average molecular weight is 430 g/mol. The van der Waals surface area contributed by atoms with E-state index in [0.29, 0.717) is 16.5 Å². The Balaban J connectivity index is 1.47. The molecule has 1 aromatic heterocycles. The van der Waals surface area contributed by atoms with Crippen LogP contribution < -0.4 is 10.9 Å². The van der Waals surface area contributed by atoms with Crippen LogP contribution in [0.3, 0.4) is 0 Å². The number of carbonyl (C=O) groups excluding carboxylic acids is 1. The summed E-state index contributed by atoms with van der Waals surface area (Å²) >= 11 is 1.70. The maximum atomic E-state index is 12.6. The summed E-state index contributed by atoms with van der Waals surface area (Å²) < 4.78 is 1.28. The van der Waals surface area contributed by atoms with Gasteiger partial charge in [-0.3, -0.25) is 9.59 Å². The van der Waals surface area contributed by atoms with E-state index in [1.54, 1.807) is 24.9 Å². The lowest BCUT2D eigenvalue weighted by Gasteiger charge is -2.10. The van der Waals surface area contributed by atoms with Crippen LogP contribution in [0.25, 0.3) is 10.8 Å². The van der Waals surface area contributed by atoms with Crippen molar-refractivity contribution in [2.75, 3.05) is 5.32 Å². The van der Waals surface area contributed by atoms with E-state index < -0.39 is 0 Å². The zero-order valence-corrected chi connectivity index (χ0v) is 18.5. The lowest BCUT2D eigenvalue weighted by molar-refractivity contribution is -0.115. The quantitative estimate of drug-likeness (QED) is 0.491. The second kappa shape index (κ2) is 8.78. The second-order valence-electron chi connectivity index (χ2n) is 7.54. The molecule has 3 aromatic carbocycles. The fourth-order valence-electron chi connectivity index (χ4n) is 3.51. The Morgan fingerprint density at radius 1 is 1.00 bits per heavy atom. The summed E-state index contributed by atoms with van der Waals surface area (Å²) in [6.07, 6.45) is 0.0910. The van der Waals surface area contributed by atoms with Gasteiger partial charge in [0.15, 0.2) is 0 Å². The molecule has 5 nitrogen and oxygen atoms in total. The summed E-state index contributed by atoms with van der Waals surface area (Å²) in [6, 6.07) is 21.5. The number of hydrogen-bond acceptors (Lipinski definition) is 4. The van der Waals surface area contributed by atoms with Crippen LogP contribution in [0, 0.1) is 13.8 Å². The number of nitrogens with zero attached hydrogens (tertiary/aromatic N) is 2. The molecule has 1 N–H and O–H groups in total. The van der Waals surface area contributed by atoms with Crippen molar-refractivity contribution in [2.24, 2.45) is 7.05 Å². The summed E-state index contributed by atoms with van der Waals surface area (Å²) in [5, 5.41) is 8.50. The molecular weight excluding hydrogens is 406 g/mol. The summed E-state index contributed by atoms with van der Waals surface area (Å²) in [5.74, 6) is -0.175. The number of nitrogens with one attached hydrogen (secondary N) is 1. The minimum atomic E-state index is -0.175. The molecule has 0 atom stereocenters. The van der Waals surface area contributed by atoms with Crippen molar-refractivity contribution >= 4 is 34.1 Å². The molecule has 1 heterocycles. The van der Waals surface area contributed by atoms with Gasteiger partial charge in [-0.15, -0.1) is 0 Å². The van der Waals surface area contributed by atoms with Gasteiger partial charge in [0.25, 0.3) is 5.56 Å². The van der Waals surface area contributed by atoms with Gasteiger partial charge in [0.1, 0.15) is 0 Å². The van der Waals surface area contributed by atoms with Gasteiger partial charge in [0.05, 0.1) is 17.5 Å². The van der Waals surface area contributed by atoms with E-state index in [1.165, 1.54) is 20.7 Å². The first-order valence-electron chi connectivity index (χ1n) is 10.0. The Labute approximate surface area is 185 Å². The number of anilines is 1. The van der Waals surface area contributed by atoms with Gasteiger partial charge >= 0.3 is 0 Å². The number of aryl methyl sites for hydroxylation is 3. The van der Waals surface area contributed by atoms with Crippen LogP contribution in [0.2, 0.25) is 0 Å². The summed E-state index contributed by atoms with van der Waals surface area (Å²) in [4.78, 5) is 27.2. The number of carbonyl (C=O) groups is 1. The molecule has 0 aliphatic rings. The Kier molecular flexibility index (Phi) is 5.91. The lowest BCUT2D eigenvalue weighted by Crippen LogP contribution is -2.24. The highest BCUT2D eigenvalue weighted by atomic mass is 32.2. The predicted molar refractivity (Wildman–Crippen MR) is 126 cm³/mol. The van der Waals surface area contributed by atoms with Gasteiger partial charge in [0, 0.05) is 27.9 Å². The van der Waals surface area contributed by atoms with E-state index in [4.69, 9.17) is 0 Å². The highest BCUT2D eigenvalue weighted by Crippen LogP contribution is 2.31. The second-order valence-corrected chi connectivity index (χ2v) is 8.66. The third kappa shape index (κ3) is 4.70. The topological polar surface area (TPSA) is 64.0 Å². The van der Waals surface area contributed by atoms with E-state index in [1.807, 2.05) is 42.5 Å². The minimum absolute atomic E-state index is 0.0910. The molecule has 1 amide bonds. The number of aromatic nitrogens is 2. The molecule has 0 fully saturated rings. The average Bonchev–Trinajstić information content (AvgIpc) is 2.75. The number of hydrogen-bond donors (Lipinski definition) is 1. The molecule has 6 heteroatoms. The van der Waals surface area contributed by atoms with Crippen molar-refractivity contribution in [3.8, 4) is 0 Å². The number of benzene rings is 3. The van der Waals surface area contributed by atoms with Gasteiger partial charge in [-0.1, -0.05) is 47.7 Å². The smallest absolute Gasteiger partial charge is 0.274 e. The molecule has 0 spiro atoms. The van der Waals surface area contributed by atoms with Crippen molar-refractivity contribution in [3.63, 3.8) is 0 Å². The zero-order chi connectivity index (χ0) is 22.0.